The monoisotopic (exact) mass is 256 g/mol. The number of hydrogen-bond acceptors (Lipinski definition) is 4. The molecule has 102 valence electrons. The Morgan fingerprint density at radius 3 is 2.83 bits per heavy atom. The van der Waals surface area contributed by atoms with Crippen LogP contribution in [0.25, 0.3) is 0 Å². The van der Waals surface area contributed by atoms with E-state index in [1.807, 2.05) is 6.92 Å². The van der Waals surface area contributed by atoms with Gasteiger partial charge in [-0.3, -0.25) is 4.90 Å². The Bertz CT molecular complexity index is 330. The maximum atomic E-state index is 11.3. The average Bonchev–Trinajstić information content (AvgIpc) is 2.74. The highest BCUT2D eigenvalue weighted by Gasteiger charge is 2.24. The highest BCUT2D eigenvalue weighted by Crippen LogP contribution is 2.05. The van der Waals surface area contributed by atoms with Crippen LogP contribution in [0.15, 0.2) is 12.2 Å². The lowest BCUT2D eigenvalue weighted by Gasteiger charge is -2.22. The molecule has 0 aliphatic carbocycles. The summed E-state index contributed by atoms with van der Waals surface area (Å²) in [5.74, 6) is -0.387. The zero-order valence-electron chi connectivity index (χ0n) is 10.9. The topological polar surface area (TPSA) is 67.9 Å². The third-order valence-corrected chi connectivity index (χ3v) is 2.56. The van der Waals surface area contributed by atoms with Crippen LogP contribution in [0.3, 0.4) is 0 Å². The smallest absolute Gasteiger partial charge is 0.333 e. The van der Waals surface area contributed by atoms with E-state index in [0.717, 1.165) is 0 Å². The molecule has 18 heavy (non-hydrogen) atoms. The van der Waals surface area contributed by atoms with Crippen molar-refractivity contribution in [2.75, 3.05) is 26.3 Å². The molecule has 2 amide bonds. The van der Waals surface area contributed by atoms with E-state index in [9.17, 15) is 9.59 Å². The molecule has 1 atom stereocenters. The van der Waals surface area contributed by atoms with Gasteiger partial charge in [0.2, 0.25) is 0 Å². The Kier molecular flexibility index (Phi) is 5.64. The Balaban J connectivity index is 2.09. The summed E-state index contributed by atoms with van der Waals surface area (Å²) >= 11 is 0. The van der Waals surface area contributed by atoms with Crippen molar-refractivity contribution in [1.82, 2.24) is 10.2 Å². The number of carbonyl (C=O) groups is 2. The van der Waals surface area contributed by atoms with Crippen molar-refractivity contribution in [2.24, 2.45) is 0 Å². The molecule has 1 N–H and O–H groups in total. The molecule has 6 heteroatoms. The first kappa shape index (κ1) is 14.5. The number of rotatable bonds is 7. The number of urea groups is 1. The molecular formula is C12H20N2O4. The third kappa shape index (κ3) is 4.37. The predicted molar refractivity (Wildman–Crippen MR) is 65.9 cm³/mol. The van der Waals surface area contributed by atoms with Crippen molar-refractivity contribution in [2.45, 2.75) is 26.5 Å². The van der Waals surface area contributed by atoms with Crippen molar-refractivity contribution in [3.05, 3.63) is 12.2 Å². The molecule has 1 rings (SSSR count). The average molecular weight is 256 g/mol. The molecule has 0 radical (unpaired) electrons. The molecular weight excluding hydrogens is 236 g/mol. The standard InChI is InChI=1S/C12H20N2O4/c1-9(2)11(15)18-8-4-7-17-10(3)14-6-5-13-12(14)16/h10H,1,4-8H2,2-3H3,(H,13,16). The zero-order valence-corrected chi connectivity index (χ0v) is 10.9. The molecule has 1 unspecified atom stereocenters. The minimum absolute atomic E-state index is 0.101. The summed E-state index contributed by atoms with van der Waals surface area (Å²) in [6.45, 7) is 8.96. The fourth-order valence-corrected chi connectivity index (χ4v) is 1.52. The largest absolute Gasteiger partial charge is 0.462 e. The number of nitrogens with one attached hydrogen (secondary N) is 1. The van der Waals surface area contributed by atoms with Crippen LogP contribution in [-0.4, -0.2) is 49.4 Å². The van der Waals surface area contributed by atoms with Crippen molar-refractivity contribution < 1.29 is 19.1 Å². The van der Waals surface area contributed by atoms with E-state index < -0.39 is 0 Å². The maximum Gasteiger partial charge on any atom is 0.333 e. The summed E-state index contributed by atoms with van der Waals surface area (Å²) < 4.78 is 10.4. The Hall–Kier alpha value is -1.56. The molecule has 6 nitrogen and oxygen atoms in total. The van der Waals surface area contributed by atoms with Crippen LogP contribution in [0, 0.1) is 0 Å². The number of nitrogens with zero attached hydrogens (tertiary/aromatic N) is 1. The predicted octanol–water partition coefficient (Wildman–Crippen LogP) is 0.884. The van der Waals surface area contributed by atoms with Crippen LogP contribution in [0.5, 0.6) is 0 Å². The molecule has 1 aliphatic rings. The van der Waals surface area contributed by atoms with Crippen molar-refractivity contribution in [1.29, 1.82) is 0 Å². The van der Waals surface area contributed by atoms with E-state index >= 15 is 0 Å². The van der Waals surface area contributed by atoms with Gasteiger partial charge in [-0.25, -0.2) is 9.59 Å². The number of esters is 1. The summed E-state index contributed by atoms with van der Waals surface area (Å²) in [7, 11) is 0. The Morgan fingerprint density at radius 2 is 2.28 bits per heavy atom. The molecule has 1 saturated heterocycles. The van der Waals surface area contributed by atoms with Gasteiger partial charge in [-0.05, 0) is 13.8 Å². The van der Waals surface area contributed by atoms with Gasteiger partial charge in [0.15, 0.2) is 0 Å². The summed E-state index contributed by atoms with van der Waals surface area (Å²) in [4.78, 5) is 24.0. The minimum Gasteiger partial charge on any atom is -0.462 e. The van der Waals surface area contributed by atoms with Crippen LogP contribution < -0.4 is 5.32 Å². The van der Waals surface area contributed by atoms with Gasteiger partial charge in [-0.15, -0.1) is 0 Å². The van der Waals surface area contributed by atoms with Crippen LogP contribution >= 0.6 is 0 Å². The summed E-state index contributed by atoms with van der Waals surface area (Å²) in [6, 6.07) is -0.101. The molecule has 0 aromatic carbocycles. The first-order valence-electron chi connectivity index (χ1n) is 6.01. The van der Waals surface area contributed by atoms with Crippen LogP contribution in [0.4, 0.5) is 4.79 Å². The molecule has 1 heterocycles. The number of amides is 2. The van der Waals surface area contributed by atoms with Crippen molar-refractivity contribution in [3.8, 4) is 0 Å². The fraction of sp³-hybridized carbons (Fsp3) is 0.667. The van der Waals surface area contributed by atoms with Gasteiger partial charge in [0.05, 0.1) is 13.2 Å². The van der Waals surface area contributed by atoms with E-state index in [1.54, 1.807) is 11.8 Å². The van der Waals surface area contributed by atoms with E-state index in [1.165, 1.54) is 0 Å². The molecule has 0 spiro atoms. The number of hydrogen-bond donors (Lipinski definition) is 1. The molecule has 1 aliphatic heterocycles. The lowest BCUT2D eigenvalue weighted by atomic mass is 10.4. The maximum absolute atomic E-state index is 11.3. The van der Waals surface area contributed by atoms with Gasteiger partial charge in [-0.2, -0.15) is 0 Å². The normalized spacial score (nSPS) is 16.3. The quantitative estimate of drug-likeness (QED) is 0.417. The third-order valence-electron chi connectivity index (χ3n) is 2.56. The van der Waals surface area contributed by atoms with E-state index in [0.29, 0.717) is 38.3 Å². The summed E-state index contributed by atoms with van der Waals surface area (Å²) in [5.41, 5.74) is 0.387. The Morgan fingerprint density at radius 1 is 1.56 bits per heavy atom. The Labute approximate surface area is 107 Å². The molecule has 0 aromatic heterocycles. The highest BCUT2D eigenvalue weighted by atomic mass is 16.5. The lowest BCUT2D eigenvalue weighted by Crippen LogP contribution is -2.38. The lowest BCUT2D eigenvalue weighted by molar-refractivity contribution is -0.139. The van der Waals surface area contributed by atoms with Crippen molar-refractivity contribution in [3.63, 3.8) is 0 Å². The van der Waals surface area contributed by atoms with E-state index in [2.05, 4.69) is 11.9 Å². The van der Waals surface area contributed by atoms with Gasteiger partial charge >= 0.3 is 12.0 Å². The number of ether oxygens (including phenoxy) is 2. The molecule has 0 aromatic rings. The van der Waals surface area contributed by atoms with Gasteiger partial charge < -0.3 is 14.8 Å². The second-order valence-electron chi connectivity index (χ2n) is 4.17. The zero-order chi connectivity index (χ0) is 13.5. The molecule has 0 saturated carbocycles. The van der Waals surface area contributed by atoms with Gasteiger partial charge in [0, 0.05) is 25.1 Å². The summed E-state index contributed by atoms with van der Waals surface area (Å²) in [5, 5.41) is 2.71. The van der Waals surface area contributed by atoms with Gasteiger partial charge in [0.25, 0.3) is 0 Å². The van der Waals surface area contributed by atoms with E-state index in [4.69, 9.17) is 9.47 Å². The molecule has 0 bridgehead atoms. The first-order chi connectivity index (χ1) is 8.52. The van der Waals surface area contributed by atoms with Crippen molar-refractivity contribution >= 4 is 12.0 Å². The van der Waals surface area contributed by atoms with Crippen LogP contribution in [0.2, 0.25) is 0 Å². The van der Waals surface area contributed by atoms with E-state index in [-0.39, 0.29) is 18.2 Å². The highest BCUT2D eigenvalue weighted by molar-refractivity contribution is 5.86. The fourth-order valence-electron chi connectivity index (χ4n) is 1.52. The first-order valence-corrected chi connectivity index (χ1v) is 6.01. The molecule has 1 fully saturated rings. The SMILES string of the molecule is C=C(C)C(=O)OCCCOC(C)N1CCNC1=O. The second-order valence-corrected chi connectivity index (χ2v) is 4.17. The minimum atomic E-state index is -0.387. The summed E-state index contributed by atoms with van der Waals surface area (Å²) in [6.07, 6.45) is 0.336. The van der Waals surface area contributed by atoms with Crippen LogP contribution in [-0.2, 0) is 14.3 Å². The van der Waals surface area contributed by atoms with Crippen LogP contribution in [0.1, 0.15) is 20.3 Å². The number of carbonyl (C=O) groups excluding carboxylic acids is 2. The van der Waals surface area contributed by atoms with Gasteiger partial charge in [0.1, 0.15) is 6.23 Å². The van der Waals surface area contributed by atoms with Gasteiger partial charge in [-0.1, -0.05) is 6.58 Å². The second kappa shape index (κ2) is 7.00.